The third-order valence-electron chi connectivity index (χ3n) is 2.74. The molecular formula is C16H16. The minimum atomic E-state index is 1.02. The molecule has 0 unspecified atom stereocenters. The molecule has 0 heterocycles. The van der Waals surface area contributed by atoms with Gasteiger partial charge in [-0.25, -0.2) is 0 Å². The molecule has 2 aromatic carbocycles. The fourth-order valence-electron chi connectivity index (χ4n) is 1.76. The van der Waals surface area contributed by atoms with Gasteiger partial charge in [0, 0.05) is 0 Å². The Hall–Kier alpha value is -1.82. The van der Waals surface area contributed by atoms with Gasteiger partial charge >= 0.3 is 0 Å². The summed E-state index contributed by atoms with van der Waals surface area (Å²) >= 11 is 0. The SMILES string of the molecule is C=C(CCc1ccccc1)c1ccccc1. The molecule has 0 aromatic heterocycles. The van der Waals surface area contributed by atoms with E-state index in [4.69, 9.17) is 0 Å². The van der Waals surface area contributed by atoms with E-state index >= 15 is 0 Å². The van der Waals surface area contributed by atoms with Gasteiger partial charge in [0.15, 0.2) is 0 Å². The Labute approximate surface area is 97.3 Å². The molecule has 0 fully saturated rings. The van der Waals surface area contributed by atoms with Crippen molar-refractivity contribution >= 4 is 5.57 Å². The number of allylic oxidation sites excluding steroid dienone is 1. The Balaban J connectivity index is 1.95. The number of benzene rings is 2. The molecule has 80 valence electrons. The van der Waals surface area contributed by atoms with Crippen molar-refractivity contribution < 1.29 is 0 Å². The summed E-state index contributed by atoms with van der Waals surface area (Å²) < 4.78 is 0. The first-order valence-corrected chi connectivity index (χ1v) is 5.63. The molecule has 0 nitrogen and oxygen atoms in total. The van der Waals surface area contributed by atoms with E-state index in [9.17, 15) is 0 Å². The number of hydrogen-bond acceptors (Lipinski definition) is 0. The quantitative estimate of drug-likeness (QED) is 0.701. The maximum absolute atomic E-state index is 4.14. The summed E-state index contributed by atoms with van der Waals surface area (Å²) in [5.74, 6) is 0. The van der Waals surface area contributed by atoms with Gasteiger partial charge in [0.05, 0.1) is 0 Å². The van der Waals surface area contributed by atoms with Gasteiger partial charge in [0.25, 0.3) is 0 Å². The van der Waals surface area contributed by atoms with Gasteiger partial charge in [-0.3, -0.25) is 0 Å². The molecule has 2 rings (SSSR count). The van der Waals surface area contributed by atoms with Crippen LogP contribution < -0.4 is 0 Å². The summed E-state index contributed by atoms with van der Waals surface area (Å²) in [6, 6.07) is 20.9. The van der Waals surface area contributed by atoms with Crippen LogP contribution in [0.2, 0.25) is 0 Å². The average Bonchev–Trinajstić information content (AvgIpc) is 2.38. The molecule has 0 aliphatic rings. The summed E-state index contributed by atoms with van der Waals surface area (Å²) in [4.78, 5) is 0. The number of rotatable bonds is 4. The van der Waals surface area contributed by atoms with Crippen molar-refractivity contribution in [1.82, 2.24) is 0 Å². The van der Waals surface area contributed by atoms with Crippen LogP contribution in [0.15, 0.2) is 67.2 Å². The lowest BCUT2D eigenvalue weighted by molar-refractivity contribution is 1.02. The highest BCUT2D eigenvalue weighted by atomic mass is 14.0. The largest absolute Gasteiger partial charge is 0.0952 e. The third kappa shape index (κ3) is 2.83. The zero-order valence-electron chi connectivity index (χ0n) is 9.39. The van der Waals surface area contributed by atoms with E-state index in [-0.39, 0.29) is 0 Å². The predicted molar refractivity (Wildman–Crippen MR) is 70.2 cm³/mol. The summed E-state index contributed by atoms with van der Waals surface area (Å²) in [7, 11) is 0. The van der Waals surface area contributed by atoms with Crippen LogP contribution in [-0.4, -0.2) is 0 Å². The lowest BCUT2D eigenvalue weighted by atomic mass is 10.00. The Bertz CT molecular complexity index is 440. The molecule has 0 heteroatoms. The van der Waals surface area contributed by atoms with E-state index in [1.807, 2.05) is 6.07 Å². The fraction of sp³-hybridized carbons (Fsp3) is 0.125. The van der Waals surface area contributed by atoms with Crippen molar-refractivity contribution in [2.24, 2.45) is 0 Å². The third-order valence-corrected chi connectivity index (χ3v) is 2.74. The molecule has 0 radical (unpaired) electrons. The highest BCUT2D eigenvalue weighted by Crippen LogP contribution is 2.17. The topological polar surface area (TPSA) is 0 Å². The van der Waals surface area contributed by atoms with Crippen LogP contribution in [0.4, 0.5) is 0 Å². The minimum Gasteiger partial charge on any atom is -0.0952 e. The second-order valence-electron chi connectivity index (χ2n) is 3.96. The van der Waals surface area contributed by atoms with Gasteiger partial charge < -0.3 is 0 Å². The summed E-state index contributed by atoms with van der Waals surface area (Å²) in [6.07, 6.45) is 2.09. The van der Waals surface area contributed by atoms with E-state index in [0.717, 1.165) is 12.8 Å². The Morgan fingerprint density at radius 2 is 1.38 bits per heavy atom. The van der Waals surface area contributed by atoms with Crippen molar-refractivity contribution in [3.8, 4) is 0 Å². The van der Waals surface area contributed by atoms with E-state index in [0.29, 0.717) is 0 Å². The van der Waals surface area contributed by atoms with Crippen molar-refractivity contribution in [2.45, 2.75) is 12.8 Å². The summed E-state index contributed by atoms with van der Waals surface area (Å²) in [5, 5.41) is 0. The molecule has 0 atom stereocenters. The monoisotopic (exact) mass is 208 g/mol. The first-order valence-electron chi connectivity index (χ1n) is 5.63. The fourth-order valence-corrected chi connectivity index (χ4v) is 1.76. The standard InChI is InChI=1S/C16H16/c1-14(16-10-6-3-7-11-16)12-13-15-8-4-2-5-9-15/h2-11H,1,12-13H2. The second-order valence-corrected chi connectivity index (χ2v) is 3.96. The van der Waals surface area contributed by atoms with E-state index in [2.05, 4.69) is 61.2 Å². The maximum atomic E-state index is 4.14. The van der Waals surface area contributed by atoms with Crippen LogP contribution in [0.5, 0.6) is 0 Å². The number of aryl methyl sites for hydroxylation is 1. The first kappa shape index (κ1) is 10.7. The average molecular weight is 208 g/mol. The molecule has 0 saturated carbocycles. The molecule has 16 heavy (non-hydrogen) atoms. The molecule has 0 aliphatic heterocycles. The van der Waals surface area contributed by atoms with Gasteiger partial charge in [-0.2, -0.15) is 0 Å². The van der Waals surface area contributed by atoms with Crippen molar-refractivity contribution in [3.05, 3.63) is 78.4 Å². The zero-order valence-corrected chi connectivity index (χ0v) is 9.39. The van der Waals surface area contributed by atoms with Gasteiger partial charge in [0.1, 0.15) is 0 Å². The van der Waals surface area contributed by atoms with Crippen LogP contribution in [0, 0.1) is 0 Å². The van der Waals surface area contributed by atoms with Gasteiger partial charge in [-0.1, -0.05) is 67.2 Å². The molecule has 0 saturated heterocycles. The smallest absolute Gasteiger partial charge is 0.0230 e. The molecule has 2 aromatic rings. The highest BCUT2D eigenvalue weighted by molar-refractivity contribution is 5.63. The molecule has 0 N–H and O–H groups in total. The lowest BCUT2D eigenvalue weighted by Gasteiger charge is -2.05. The van der Waals surface area contributed by atoms with Gasteiger partial charge in [0.2, 0.25) is 0 Å². The van der Waals surface area contributed by atoms with E-state index < -0.39 is 0 Å². The summed E-state index contributed by atoms with van der Waals surface area (Å²) in [5.41, 5.74) is 3.84. The Morgan fingerprint density at radius 1 is 0.812 bits per heavy atom. The van der Waals surface area contributed by atoms with Gasteiger partial charge in [-0.15, -0.1) is 0 Å². The van der Waals surface area contributed by atoms with Crippen LogP contribution >= 0.6 is 0 Å². The lowest BCUT2D eigenvalue weighted by Crippen LogP contribution is -1.87. The maximum Gasteiger partial charge on any atom is -0.0230 e. The minimum absolute atomic E-state index is 1.02. The van der Waals surface area contributed by atoms with E-state index in [1.54, 1.807) is 0 Å². The molecule has 0 aliphatic carbocycles. The molecule has 0 bridgehead atoms. The molecule has 0 spiro atoms. The van der Waals surface area contributed by atoms with Crippen molar-refractivity contribution in [1.29, 1.82) is 0 Å². The van der Waals surface area contributed by atoms with Crippen LogP contribution in [0.1, 0.15) is 17.5 Å². The van der Waals surface area contributed by atoms with Crippen LogP contribution in [-0.2, 0) is 6.42 Å². The highest BCUT2D eigenvalue weighted by Gasteiger charge is 1.98. The normalized spacial score (nSPS) is 10.0. The summed E-state index contributed by atoms with van der Waals surface area (Å²) in [6.45, 7) is 4.14. The Kier molecular flexibility index (Phi) is 3.55. The van der Waals surface area contributed by atoms with Crippen molar-refractivity contribution in [3.63, 3.8) is 0 Å². The zero-order chi connectivity index (χ0) is 11.2. The van der Waals surface area contributed by atoms with Crippen LogP contribution in [0.3, 0.4) is 0 Å². The first-order chi connectivity index (χ1) is 7.86. The van der Waals surface area contributed by atoms with Crippen LogP contribution in [0.25, 0.3) is 5.57 Å². The second kappa shape index (κ2) is 5.32. The number of hydrogen-bond donors (Lipinski definition) is 0. The van der Waals surface area contributed by atoms with Gasteiger partial charge in [-0.05, 0) is 29.5 Å². The predicted octanol–water partition coefficient (Wildman–Crippen LogP) is 4.33. The molecular weight excluding hydrogens is 192 g/mol. The Morgan fingerprint density at radius 3 is 2.00 bits per heavy atom. The van der Waals surface area contributed by atoms with E-state index in [1.165, 1.54) is 16.7 Å². The molecule has 0 amide bonds. The van der Waals surface area contributed by atoms with Crippen molar-refractivity contribution in [2.75, 3.05) is 0 Å².